The number of allylic oxidation sites excluding steroid dienone is 4. The van der Waals surface area contributed by atoms with Gasteiger partial charge in [0.25, 0.3) is 0 Å². The molecule has 20 heavy (non-hydrogen) atoms. The highest BCUT2D eigenvalue weighted by Crippen LogP contribution is 2.51. The average Bonchev–Trinajstić information content (AvgIpc) is 2.75. The number of carbonyl (C=O) groups excluding carboxylic acids is 1. The minimum absolute atomic E-state index is 0.240. The van der Waals surface area contributed by atoms with E-state index in [1.54, 1.807) is 0 Å². The molecule has 1 heterocycles. The van der Waals surface area contributed by atoms with Crippen LogP contribution in [0.1, 0.15) is 58.3 Å². The number of ether oxygens (including phenoxy) is 1. The number of rotatable bonds is 3. The van der Waals surface area contributed by atoms with Gasteiger partial charge in [-0.3, -0.25) is 4.79 Å². The summed E-state index contributed by atoms with van der Waals surface area (Å²) in [5, 5.41) is 8.60. The van der Waals surface area contributed by atoms with E-state index in [0.29, 0.717) is 18.6 Å². The minimum Gasteiger partial charge on any atom is -0.494 e. The van der Waals surface area contributed by atoms with Gasteiger partial charge in [0.05, 0.1) is 23.3 Å². The molecule has 3 nitrogen and oxygen atoms in total. The predicted molar refractivity (Wildman–Crippen MR) is 75.6 cm³/mol. The van der Waals surface area contributed by atoms with E-state index in [-0.39, 0.29) is 11.5 Å². The summed E-state index contributed by atoms with van der Waals surface area (Å²) in [4.78, 5) is 12.1. The monoisotopic (exact) mass is 271 g/mol. The zero-order valence-electron chi connectivity index (χ0n) is 12.1. The Balaban J connectivity index is 1.74. The summed E-state index contributed by atoms with van der Waals surface area (Å²) in [5.74, 6) is 1.49. The normalized spacial score (nSPS) is 32.1. The van der Waals surface area contributed by atoms with E-state index in [2.05, 4.69) is 19.1 Å². The molecule has 0 aromatic rings. The Morgan fingerprint density at radius 3 is 3.15 bits per heavy atom. The van der Waals surface area contributed by atoms with Crippen molar-refractivity contribution >= 4 is 5.78 Å². The molecule has 0 spiro atoms. The topological polar surface area (TPSA) is 50.1 Å². The first-order chi connectivity index (χ1) is 9.65. The van der Waals surface area contributed by atoms with Crippen molar-refractivity contribution in [3.05, 3.63) is 23.0 Å². The fourth-order valence-electron chi connectivity index (χ4n) is 3.77. The molecule has 0 fully saturated rings. The van der Waals surface area contributed by atoms with Crippen molar-refractivity contribution in [3.8, 4) is 6.07 Å². The summed E-state index contributed by atoms with van der Waals surface area (Å²) in [5.41, 5.74) is 2.32. The maximum absolute atomic E-state index is 12.1. The van der Waals surface area contributed by atoms with Gasteiger partial charge in [0, 0.05) is 19.3 Å². The molecule has 1 aliphatic heterocycles. The van der Waals surface area contributed by atoms with E-state index in [0.717, 1.165) is 44.3 Å². The summed E-state index contributed by atoms with van der Waals surface area (Å²) >= 11 is 0. The van der Waals surface area contributed by atoms with Gasteiger partial charge < -0.3 is 4.74 Å². The van der Waals surface area contributed by atoms with Crippen LogP contribution in [0.3, 0.4) is 0 Å². The molecule has 0 saturated heterocycles. The first-order valence-electron chi connectivity index (χ1n) is 7.65. The maximum Gasteiger partial charge on any atom is 0.146 e. The molecule has 2 unspecified atom stereocenters. The van der Waals surface area contributed by atoms with Gasteiger partial charge in [-0.15, -0.1) is 0 Å². The largest absolute Gasteiger partial charge is 0.494 e. The van der Waals surface area contributed by atoms with Crippen LogP contribution in [0.15, 0.2) is 23.0 Å². The van der Waals surface area contributed by atoms with Crippen molar-refractivity contribution in [2.45, 2.75) is 64.4 Å². The Morgan fingerprint density at radius 2 is 2.35 bits per heavy atom. The van der Waals surface area contributed by atoms with Crippen LogP contribution in [0, 0.1) is 16.7 Å². The van der Waals surface area contributed by atoms with Crippen LogP contribution in [0.2, 0.25) is 0 Å². The van der Waals surface area contributed by atoms with E-state index in [9.17, 15) is 4.79 Å². The number of hydrogen-bond donors (Lipinski definition) is 0. The van der Waals surface area contributed by atoms with Crippen LogP contribution >= 0.6 is 0 Å². The second-order valence-electron chi connectivity index (χ2n) is 6.31. The lowest BCUT2D eigenvalue weighted by Crippen LogP contribution is -2.33. The molecule has 0 aromatic carbocycles. The minimum atomic E-state index is -0.240. The van der Waals surface area contributed by atoms with Gasteiger partial charge in [0.2, 0.25) is 0 Å². The quantitative estimate of drug-likeness (QED) is 0.733. The maximum atomic E-state index is 12.1. The number of Topliss-reactive ketones (excluding diaryl/α,β-unsaturated/α-hetero) is 1. The van der Waals surface area contributed by atoms with Gasteiger partial charge in [0.1, 0.15) is 5.78 Å². The van der Waals surface area contributed by atoms with Crippen LogP contribution in [-0.2, 0) is 9.53 Å². The van der Waals surface area contributed by atoms with Crippen molar-refractivity contribution < 1.29 is 9.53 Å². The molecule has 3 heteroatoms. The summed E-state index contributed by atoms with van der Waals surface area (Å²) in [7, 11) is 0. The molecule has 0 N–H and O–H groups in total. The Labute approximate surface area is 120 Å². The Kier molecular flexibility index (Phi) is 3.41. The van der Waals surface area contributed by atoms with Gasteiger partial charge in [-0.1, -0.05) is 6.08 Å². The zero-order chi connectivity index (χ0) is 14.2. The van der Waals surface area contributed by atoms with E-state index in [1.807, 2.05) is 0 Å². The average molecular weight is 271 g/mol. The number of nitriles is 1. The van der Waals surface area contributed by atoms with Gasteiger partial charge in [0.15, 0.2) is 0 Å². The van der Waals surface area contributed by atoms with Gasteiger partial charge >= 0.3 is 0 Å². The highest BCUT2D eigenvalue weighted by Gasteiger charge is 2.46. The molecule has 0 bridgehead atoms. The van der Waals surface area contributed by atoms with Crippen LogP contribution < -0.4 is 0 Å². The fraction of sp³-hybridized carbons (Fsp3) is 0.647. The Hall–Kier alpha value is -1.56. The smallest absolute Gasteiger partial charge is 0.146 e. The molecule has 0 radical (unpaired) electrons. The number of carbonyl (C=O) groups is 1. The molecule has 0 aromatic heterocycles. The summed E-state index contributed by atoms with van der Waals surface area (Å²) in [6.45, 7) is 2.09. The SMILES string of the molecule is CC12CCC3=C(CCC(CCCC#N)O3)C1=CCC2=O. The van der Waals surface area contributed by atoms with Gasteiger partial charge in [-0.2, -0.15) is 5.26 Å². The van der Waals surface area contributed by atoms with Gasteiger partial charge in [-0.25, -0.2) is 0 Å². The lowest BCUT2D eigenvalue weighted by atomic mass is 9.70. The van der Waals surface area contributed by atoms with E-state index >= 15 is 0 Å². The van der Waals surface area contributed by atoms with Crippen molar-refractivity contribution in [1.29, 1.82) is 5.26 Å². The third-order valence-corrected chi connectivity index (χ3v) is 5.06. The second-order valence-corrected chi connectivity index (χ2v) is 6.31. The van der Waals surface area contributed by atoms with E-state index in [1.165, 1.54) is 11.1 Å². The molecule has 0 saturated carbocycles. The van der Waals surface area contributed by atoms with Crippen LogP contribution in [0.5, 0.6) is 0 Å². The molecule has 0 amide bonds. The van der Waals surface area contributed by atoms with Crippen molar-refractivity contribution in [2.75, 3.05) is 0 Å². The molecule has 106 valence electrons. The third-order valence-electron chi connectivity index (χ3n) is 5.06. The molecular formula is C17H21NO2. The first kappa shape index (κ1) is 13.4. The number of fused-ring (bicyclic) bond motifs is 2. The van der Waals surface area contributed by atoms with Crippen LogP contribution in [0.4, 0.5) is 0 Å². The zero-order valence-corrected chi connectivity index (χ0v) is 12.1. The van der Waals surface area contributed by atoms with Crippen LogP contribution in [0.25, 0.3) is 0 Å². The highest BCUT2D eigenvalue weighted by molar-refractivity contribution is 5.93. The van der Waals surface area contributed by atoms with Crippen LogP contribution in [-0.4, -0.2) is 11.9 Å². The molecule has 2 aliphatic carbocycles. The van der Waals surface area contributed by atoms with E-state index < -0.39 is 0 Å². The van der Waals surface area contributed by atoms with Crippen molar-refractivity contribution in [1.82, 2.24) is 0 Å². The third kappa shape index (κ3) is 2.08. The highest BCUT2D eigenvalue weighted by atomic mass is 16.5. The van der Waals surface area contributed by atoms with E-state index in [4.69, 9.17) is 10.00 Å². The molecular weight excluding hydrogens is 250 g/mol. The first-order valence-corrected chi connectivity index (χ1v) is 7.65. The second kappa shape index (κ2) is 5.09. The summed E-state index contributed by atoms with van der Waals surface area (Å²) in [6.07, 6.45) is 9.32. The standard InChI is InChI=1S/C17H21NO2/c1-17-10-9-15-13(14(17)7-8-16(17)19)6-5-12(20-15)4-2-3-11-18/h7,12H,2-6,8-10H2,1H3. The predicted octanol–water partition coefficient (Wildman–Crippen LogP) is 3.81. The number of hydrogen-bond acceptors (Lipinski definition) is 3. The fourth-order valence-corrected chi connectivity index (χ4v) is 3.77. The lowest BCUT2D eigenvalue weighted by molar-refractivity contribution is -0.124. The number of ketones is 1. The van der Waals surface area contributed by atoms with Crippen molar-refractivity contribution in [2.24, 2.45) is 5.41 Å². The summed E-state index contributed by atoms with van der Waals surface area (Å²) in [6, 6.07) is 2.19. The number of unbranched alkanes of at least 4 members (excludes halogenated alkanes) is 1. The molecule has 3 aliphatic rings. The Morgan fingerprint density at radius 1 is 1.50 bits per heavy atom. The number of nitrogens with zero attached hydrogens (tertiary/aromatic N) is 1. The molecule has 3 rings (SSSR count). The molecule has 2 atom stereocenters. The summed E-state index contributed by atoms with van der Waals surface area (Å²) < 4.78 is 6.14. The lowest BCUT2D eigenvalue weighted by Gasteiger charge is -2.39. The Bertz CT molecular complexity index is 538. The van der Waals surface area contributed by atoms with Gasteiger partial charge in [-0.05, 0) is 50.2 Å². The van der Waals surface area contributed by atoms with Crippen molar-refractivity contribution in [3.63, 3.8) is 0 Å².